The molecular formula is C18H25N3O2S. The van der Waals surface area contributed by atoms with Gasteiger partial charge in [-0.25, -0.2) is 4.98 Å². The average molecular weight is 347 g/mol. The van der Waals surface area contributed by atoms with Crippen molar-refractivity contribution in [2.24, 2.45) is 0 Å². The van der Waals surface area contributed by atoms with Gasteiger partial charge in [-0.3, -0.25) is 9.80 Å². The van der Waals surface area contributed by atoms with Gasteiger partial charge in [0.1, 0.15) is 5.01 Å². The van der Waals surface area contributed by atoms with Gasteiger partial charge in [0.05, 0.1) is 30.7 Å². The van der Waals surface area contributed by atoms with Crippen LogP contribution >= 0.6 is 11.3 Å². The first-order valence-electron chi connectivity index (χ1n) is 8.37. The number of thiazole rings is 1. The third-order valence-corrected chi connectivity index (χ3v) is 5.14. The smallest absolute Gasteiger partial charge is 0.107 e. The number of benzene rings is 1. The van der Waals surface area contributed by atoms with Gasteiger partial charge in [-0.15, -0.1) is 11.3 Å². The number of aliphatic hydroxyl groups is 1. The molecule has 1 aliphatic heterocycles. The number of nitrogens with zero attached hydrogens (tertiary/aromatic N) is 3. The minimum Gasteiger partial charge on any atom is -0.390 e. The molecule has 0 bridgehead atoms. The van der Waals surface area contributed by atoms with E-state index in [0.717, 1.165) is 37.9 Å². The topological polar surface area (TPSA) is 48.8 Å². The SMILES string of the molecule is CN(Cc1ncc(-c2ccccc2)s1)CC(O)CN1CCOCC1. The lowest BCUT2D eigenvalue weighted by Crippen LogP contribution is -2.43. The first kappa shape index (κ1) is 17.5. The highest BCUT2D eigenvalue weighted by molar-refractivity contribution is 7.15. The monoisotopic (exact) mass is 347 g/mol. The highest BCUT2D eigenvalue weighted by Crippen LogP contribution is 2.26. The lowest BCUT2D eigenvalue weighted by molar-refractivity contribution is 0.00825. The van der Waals surface area contributed by atoms with Crippen LogP contribution in [0.3, 0.4) is 0 Å². The molecule has 1 aliphatic rings. The lowest BCUT2D eigenvalue weighted by Gasteiger charge is -2.29. The van der Waals surface area contributed by atoms with E-state index < -0.39 is 0 Å². The van der Waals surface area contributed by atoms with Crippen LogP contribution < -0.4 is 0 Å². The van der Waals surface area contributed by atoms with Crippen LogP contribution in [0.25, 0.3) is 10.4 Å². The van der Waals surface area contributed by atoms with Crippen molar-refractivity contribution in [2.45, 2.75) is 12.6 Å². The number of aliphatic hydroxyl groups excluding tert-OH is 1. The summed E-state index contributed by atoms with van der Waals surface area (Å²) in [5.41, 5.74) is 1.20. The molecule has 3 rings (SSSR count). The van der Waals surface area contributed by atoms with Crippen LogP contribution in [0.1, 0.15) is 5.01 Å². The summed E-state index contributed by atoms with van der Waals surface area (Å²) < 4.78 is 5.34. The van der Waals surface area contributed by atoms with Crippen LogP contribution in [0.2, 0.25) is 0 Å². The van der Waals surface area contributed by atoms with E-state index in [1.54, 1.807) is 11.3 Å². The maximum absolute atomic E-state index is 10.3. The van der Waals surface area contributed by atoms with Gasteiger partial charge in [-0.2, -0.15) is 0 Å². The van der Waals surface area contributed by atoms with E-state index in [4.69, 9.17) is 4.74 Å². The first-order chi connectivity index (χ1) is 11.7. The van der Waals surface area contributed by atoms with Crippen molar-refractivity contribution in [3.8, 4) is 10.4 Å². The van der Waals surface area contributed by atoms with E-state index >= 15 is 0 Å². The Morgan fingerprint density at radius 3 is 2.79 bits per heavy atom. The van der Waals surface area contributed by atoms with Crippen molar-refractivity contribution in [3.05, 3.63) is 41.5 Å². The predicted molar refractivity (Wildman–Crippen MR) is 97.1 cm³/mol. The van der Waals surface area contributed by atoms with E-state index in [9.17, 15) is 5.11 Å². The lowest BCUT2D eigenvalue weighted by atomic mass is 10.2. The quantitative estimate of drug-likeness (QED) is 0.829. The number of morpholine rings is 1. The molecule has 2 aromatic rings. The average Bonchev–Trinajstić information content (AvgIpc) is 3.04. The van der Waals surface area contributed by atoms with Gasteiger partial charge < -0.3 is 9.84 Å². The second kappa shape index (κ2) is 8.69. The number of likely N-dealkylation sites (N-methyl/N-ethyl adjacent to an activating group) is 1. The van der Waals surface area contributed by atoms with Crippen molar-refractivity contribution in [1.29, 1.82) is 0 Å². The molecule has 0 spiro atoms. The predicted octanol–water partition coefficient (Wildman–Crippen LogP) is 1.93. The number of aromatic nitrogens is 1. The van der Waals surface area contributed by atoms with E-state index in [2.05, 4.69) is 26.9 Å². The zero-order chi connectivity index (χ0) is 16.8. The van der Waals surface area contributed by atoms with Gasteiger partial charge >= 0.3 is 0 Å². The minimum absolute atomic E-state index is 0.346. The largest absolute Gasteiger partial charge is 0.390 e. The Labute approximate surface area is 147 Å². The van der Waals surface area contributed by atoms with Crippen LogP contribution in [-0.2, 0) is 11.3 Å². The Morgan fingerprint density at radius 2 is 2.04 bits per heavy atom. The van der Waals surface area contributed by atoms with Crippen LogP contribution in [0.5, 0.6) is 0 Å². The summed E-state index contributed by atoms with van der Waals surface area (Å²) in [7, 11) is 2.03. The molecule has 1 atom stereocenters. The molecule has 1 aromatic carbocycles. The summed E-state index contributed by atoms with van der Waals surface area (Å²) in [5.74, 6) is 0. The zero-order valence-electron chi connectivity index (χ0n) is 14.1. The fourth-order valence-corrected chi connectivity index (χ4v) is 3.92. The Balaban J connectivity index is 1.48. The van der Waals surface area contributed by atoms with Crippen molar-refractivity contribution in [3.63, 3.8) is 0 Å². The molecule has 1 aromatic heterocycles. The van der Waals surface area contributed by atoms with Crippen LogP contribution in [-0.4, -0.2) is 72.4 Å². The van der Waals surface area contributed by atoms with Crippen molar-refractivity contribution < 1.29 is 9.84 Å². The molecule has 0 radical (unpaired) electrons. The maximum atomic E-state index is 10.3. The van der Waals surface area contributed by atoms with E-state index in [1.165, 1.54) is 10.4 Å². The Hall–Kier alpha value is -1.31. The second-order valence-corrected chi connectivity index (χ2v) is 7.36. The molecule has 1 fully saturated rings. The summed E-state index contributed by atoms with van der Waals surface area (Å²) in [6.45, 7) is 5.48. The van der Waals surface area contributed by atoms with E-state index in [1.807, 2.05) is 31.4 Å². The Kier molecular flexibility index (Phi) is 6.34. The summed E-state index contributed by atoms with van der Waals surface area (Å²) >= 11 is 1.72. The van der Waals surface area contributed by atoms with Gasteiger partial charge in [0.2, 0.25) is 0 Å². The van der Waals surface area contributed by atoms with Gasteiger partial charge in [0.25, 0.3) is 0 Å². The third kappa shape index (κ3) is 5.09. The molecule has 0 saturated carbocycles. The van der Waals surface area contributed by atoms with Gasteiger partial charge in [0, 0.05) is 32.4 Å². The molecule has 1 saturated heterocycles. The highest BCUT2D eigenvalue weighted by atomic mass is 32.1. The zero-order valence-corrected chi connectivity index (χ0v) is 14.9. The van der Waals surface area contributed by atoms with Crippen LogP contribution in [0, 0.1) is 0 Å². The summed E-state index contributed by atoms with van der Waals surface area (Å²) in [6.07, 6.45) is 1.59. The highest BCUT2D eigenvalue weighted by Gasteiger charge is 2.17. The van der Waals surface area contributed by atoms with Crippen molar-refractivity contribution in [2.75, 3.05) is 46.4 Å². The molecule has 1 unspecified atom stereocenters. The molecule has 6 heteroatoms. The molecule has 1 N–H and O–H groups in total. The Morgan fingerprint density at radius 1 is 1.29 bits per heavy atom. The maximum Gasteiger partial charge on any atom is 0.107 e. The summed E-state index contributed by atoms with van der Waals surface area (Å²) in [4.78, 5) is 10.1. The van der Waals surface area contributed by atoms with Gasteiger partial charge in [-0.1, -0.05) is 30.3 Å². The van der Waals surface area contributed by atoms with Crippen molar-refractivity contribution >= 4 is 11.3 Å². The summed E-state index contributed by atoms with van der Waals surface area (Å²) in [5, 5.41) is 11.4. The fourth-order valence-electron chi connectivity index (χ4n) is 2.91. The fraction of sp³-hybridized carbons (Fsp3) is 0.500. The van der Waals surface area contributed by atoms with Gasteiger partial charge in [-0.05, 0) is 12.6 Å². The molecule has 0 aliphatic carbocycles. The third-order valence-electron chi connectivity index (χ3n) is 4.11. The molecule has 130 valence electrons. The van der Waals surface area contributed by atoms with Gasteiger partial charge in [0.15, 0.2) is 0 Å². The number of hydrogen-bond acceptors (Lipinski definition) is 6. The number of β-amino-alcohol motifs (C(OH)–C–C–N with tert-alkyl or cyclic N) is 1. The van der Waals surface area contributed by atoms with Crippen LogP contribution in [0.15, 0.2) is 36.5 Å². The van der Waals surface area contributed by atoms with Crippen molar-refractivity contribution in [1.82, 2.24) is 14.8 Å². The van der Waals surface area contributed by atoms with E-state index in [0.29, 0.717) is 13.1 Å². The van der Waals surface area contributed by atoms with Crippen LogP contribution in [0.4, 0.5) is 0 Å². The minimum atomic E-state index is -0.346. The molecule has 0 amide bonds. The Bertz CT molecular complexity index is 614. The first-order valence-corrected chi connectivity index (χ1v) is 9.19. The van der Waals surface area contributed by atoms with E-state index in [-0.39, 0.29) is 6.10 Å². The standard InChI is InChI=1S/C18H25N3O2S/c1-20(12-16(22)13-21-7-9-23-10-8-21)14-18-19-11-17(24-18)15-5-3-2-4-6-15/h2-6,11,16,22H,7-10,12-14H2,1H3. The molecule has 24 heavy (non-hydrogen) atoms. The number of ether oxygens (including phenoxy) is 1. The normalized spacial score (nSPS) is 17.3. The number of hydrogen-bond donors (Lipinski definition) is 1. The summed E-state index contributed by atoms with van der Waals surface area (Å²) in [6, 6.07) is 10.3. The number of rotatable bonds is 7. The molecule has 5 nitrogen and oxygen atoms in total. The molecule has 2 heterocycles. The second-order valence-electron chi connectivity index (χ2n) is 6.25. The molecular weight excluding hydrogens is 322 g/mol.